The molecule has 0 spiro atoms. The molecular formula is C12H10BrN3O2. The average molecular weight is 308 g/mol. The predicted octanol–water partition coefficient (Wildman–Crippen LogP) is 2.31. The Morgan fingerprint density at radius 3 is 2.89 bits per heavy atom. The molecule has 0 aliphatic heterocycles. The number of phenols is 1. The first-order valence-electron chi connectivity index (χ1n) is 5.08. The number of carbonyl (C=O) groups is 1. The zero-order chi connectivity index (χ0) is 13.1. The summed E-state index contributed by atoms with van der Waals surface area (Å²) in [5, 5.41) is 15.4. The van der Waals surface area contributed by atoms with Gasteiger partial charge < -0.3 is 10.8 Å². The third-order valence-electron chi connectivity index (χ3n) is 2.38. The van der Waals surface area contributed by atoms with Crippen molar-refractivity contribution in [2.24, 2.45) is 10.8 Å². The second-order valence-electron chi connectivity index (χ2n) is 3.58. The van der Waals surface area contributed by atoms with Crippen molar-refractivity contribution in [1.29, 1.82) is 0 Å². The molecular weight excluding hydrogens is 298 g/mol. The van der Waals surface area contributed by atoms with E-state index in [0.717, 1.165) is 10.8 Å². The topological polar surface area (TPSA) is 87.7 Å². The van der Waals surface area contributed by atoms with Crippen LogP contribution in [0.4, 0.5) is 4.79 Å². The Bertz CT molecular complexity index is 641. The zero-order valence-corrected chi connectivity index (χ0v) is 10.8. The lowest BCUT2D eigenvalue weighted by Crippen LogP contribution is -2.24. The van der Waals surface area contributed by atoms with Crippen LogP contribution in [0.25, 0.3) is 10.8 Å². The fourth-order valence-electron chi connectivity index (χ4n) is 1.62. The normalized spacial score (nSPS) is 10.9. The number of halogens is 1. The van der Waals surface area contributed by atoms with Crippen LogP contribution in [0.1, 0.15) is 5.56 Å². The number of carbonyl (C=O) groups excluding carboxylic acids is 1. The highest BCUT2D eigenvalue weighted by Crippen LogP contribution is 2.33. The Balaban J connectivity index is 2.56. The highest BCUT2D eigenvalue weighted by molar-refractivity contribution is 9.10. The van der Waals surface area contributed by atoms with E-state index >= 15 is 0 Å². The summed E-state index contributed by atoms with van der Waals surface area (Å²) < 4.78 is 0.557. The van der Waals surface area contributed by atoms with Gasteiger partial charge in [-0.1, -0.05) is 24.3 Å². The number of hydrazone groups is 1. The van der Waals surface area contributed by atoms with Crippen LogP contribution in [0, 0.1) is 0 Å². The lowest BCUT2D eigenvalue weighted by Gasteiger charge is -2.07. The number of hydrogen-bond donors (Lipinski definition) is 3. The van der Waals surface area contributed by atoms with Gasteiger partial charge in [0, 0.05) is 5.56 Å². The largest absolute Gasteiger partial charge is 0.506 e. The Morgan fingerprint density at radius 1 is 1.44 bits per heavy atom. The van der Waals surface area contributed by atoms with Crippen LogP contribution >= 0.6 is 15.9 Å². The molecule has 0 radical (unpaired) electrons. The molecule has 0 saturated heterocycles. The van der Waals surface area contributed by atoms with Crippen molar-refractivity contribution in [2.45, 2.75) is 0 Å². The van der Waals surface area contributed by atoms with Gasteiger partial charge in [0.05, 0.1) is 10.7 Å². The Morgan fingerprint density at radius 2 is 2.17 bits per heavy atom. The van der Waals surface area contributed by atoms with Crippen LogP contribution in [-0.4, -0.2) is 17.4 Å². The number of amides is 2. The van der Waals surface area contributed by atoms with Crippen LogP contribution in [0.3, 0.4) is 0 Å². The molecule has 0 atom stereocenters. The molecule has 0 fully saturated rings. The molecule has 0 unspecified atom stereocenters. The first-order chi connectivity index (χ1) is 8.59. The predicted molar refractivity (Wildman–Crippen MR) is 73.6 cm³/mol. The summed E-state index contributed by atoms with van der Waals surface area (Å²) in [5.41, 5.74) is 7.50. The maximum Gasteiger partial charge on any atom is 0.332 e. The fraction of sp³-hybridized carbons (Fsp3) is 0. The molecule has 0 saturated carbocycles. The van der Waals surface area contributed by atoms with Crippen molar-refractivity contribution in [3.63, 3.8) is 0 Å². The Labute approximate surface area is 111 Å². The van der Waals surface area contributed by atoms with Gasteiger partial charge in [-0.05, 0) is 32.8 Å². The van der Waals surface area contributed by atoms with Crippen molar-refractivity contribution in [3.05, 3.63) is 40.4 Å². The standard InChI is InChI=1S/C12H10BrN3O2/c13-10-5-7-3-1-2-4-8(7)9(11(10)17)6-15-16-12(14)18/h1-6,17H,(H3,14,16,18)/b15-6+. The minimum Gasteiger partial charge on any atom is -0.506 e. The van der Waals surface area contributed by atoms with E-state index in [4.69, 9.17) is 5.73 Å². The van der Waals surface area contributed by atoms with Gasteiger partial charge in [-0.25, -0.2) is 10.2 Å². The molecule has 2 aromatic carbocycles. The first kappa shape index (κ1) is 12.4. The van der Waals surface area contributed by atoms with Gasteiger partial charge in [0.15, 0.2) is 0 Å². The number of urea groups is 1. The third kappa shape index (κ3) is 2.43. The minimum atomic E-state index is -0.759. The lowest BCUT2D eigenvalue weighted by molar-refractivity contribution is 0.249. The second-order valence-corrected chi connectivity index (χ2v) is 4.43. The van der Waals surface area contributed by atoms with Gasteiger partial charge in [-0.2, -0.15) is 5.10 Å². The summed E-state index contributed by atoms with van der Waals surface area (Å²) in [6.07, 6.45) is 1.35. The number of phenolic OH excluding ortho intramolecular Hbond substituents is 1. The van der Waals surface area contributed by atoms with Crippen molar-refractivity contribution < 1.29 is 9.90 Å². The van der Waals surface area contributed by atoms with E-state index in [1.54, 1.807) is 0 Å². The molecule has 0 bridgehead atoms. The summed E-state index contributed by atoms with van der Waals surface area (Å²) >= 11 is 3.26. The van der Waals surface area contributed by atoms with Crippen LogP contribution < -0.4 is 11.2 Å². The molecule has 0 aliphatic rings. The number of hydrogen-bond acceptors (Lipinski definition) is 3. The van der Waals surface area contributed by atoms with Gasteiger partial charge in [0.25, 0.3) is 0 Å². The first-order valence-corrected chi connectivity index (χ1v) is 5.87. The molecule has 0 heterocycles. The van der Waals surface area contributed by atoms with Crippen LogP contribution in [0.15, 0.2) is 39.9 Å². The zero-order valence-electron chi connectivity index (χ0n) is 9.22. The maximum atomic E-state index is 10.5. The third-order valence-corrected chi connectivity index (χ3v) is 2.99. The highest BCUT2D eigenvalue weighted by atomic mass is 79.9. The number of rotatable bonds is 2. The van der Waals surface area contributed by atoms with Gasteiger partial charge >= 0.3 is 6.03 Å². The summed E-state index contributed by atoms with van der Waals surface area (Å²) in [7, 11) is 0. The molecule has 2 rings (SSSR count). The van der Waals surface area contributed by atoms with E-state index in [-0.39, 0.29) is 5.75 Å². The summed E-state index contributed by atoms with van der Waals surface area (Å²) in [6.45, 7) is 0. The van der Waals surface area contributed by atoms with Crippen molar-refractivity contribution >= 4 is 38.9 Å². The SMILES string of the molecule is NC(=O)N/N=C/c1c(O)c(Br)cc2ccccc12. The van der Waals surface area contributed by atoms with Crippen LogP contribution in [-0.2, 0) is 0 Å². The highest BCUT2D eigenvalue weighted by Gasteiger charge is 2.09. The van der Waals surface area contributed by atoms with E-state index in [9.17, 15) is 9.90 Å². The van der Waals surface area contributed by atoms with Gasteiger partial charge in [-0.3, -0.25) is 0 Å². The molecule has 18 heavy (non-hydrogen) atoms. The Kier molecular flexibility index (Phi) is 3.47. The fourth-order valence-corrected chi connectivity index (χ4v) is 2.08. The second kappa shape index (κ2) is 5.05. The summed E-state index contributed by atoms with van der Waals surface area (Å²) in [4.78, 5) is 10.5. The molecule has 0 aliphatic carbocycles. The summed E-state index contributed by atoms with van der Waals surface area (Å²) in [6, 6.07) is 8.57. The number of nitrogens with one attached hydrogen (secondary N) is 1. The quantitative estimate of drug-likeness (QED) is 0.587. The van der Waals surface area contributed by atoms with Gasteiger partial charge in [0.1, 0.15) is 5.75 Å². The van der Waals surface area contributed by atoms with E-state index in [2.05, 4.69) is 26.5 Å². The van der Waals surface area contributed by atoms with Gasteiger partial charge in [-0.15, -0.1) is 0 Å². The van der Waals surface area contributed by atoms with E-state index < -0.39 is 6.03 Å². The molecule has 2 amide bonds. The van der Waals surface area contributed by atoms with Gasteiger partial charge in [0.2, 0.25) is 0 Å². The number of nitrogens with two attached hydrogens (primary N) is 1. The van der Waals surface area contributed by atoms with E-state index in [1.165, 1.54) is 6.21 Å². The number of primary amides is 1. The molecule has 5 nitrogen and oxygen atoms in total. The van der Waals surface area contributed by atoms with E-state index in [0.29, 0.717) is 10.0 Å². The van der Waals surface area contributed by atoms with Crippen molar-refractivity contribution in [1.82, 2.24) is 5.43 Å². The number of aromatic hydroxyl groups is 1. The number of fused-ring (bicyclic) bond motifs is 1. The Hall–Kier alpha value is -2.08. The number of benzene rings is 2. The average Bonchev–Trinajstić information content (AvgIpc) is 2.33. The lowest BCUT2D eigenvalue weighted by atomic mass is 10.0. The maximum absolute atomic E-state index is 10.5. The number of nitrogens with zero attached hydrogens (tertiary/aromatic N) is 1. The molecule has 2 aromatic rings. The van der Waals surface area contributed by atoms with Crippen LogP contribution in [0.5, 0.6) is 5.75 Å². The molecule has 0 aromatic heterocycles. The van der Waals surface area contributed by atoms with Crippen LogP contribution in [0.2, 0.25) is 0 Å². The minimum absolute atomic E-state index is 0.0590. The molecule has 4 N–H and O–H groups in total. The smallest absolute Gasteiger partial charge is 0.332 e. The molecule has 92 valence electrons. The van der Waals surface area contributed by atoms with Crippen molar-refractivity contribution in [3.8, 4) is 5.75 Å². The molecule has 6 heteroatoms. The van der Waals surface area contributed by atoms with Crippen molar-refractivity contribution in [2.75, 3.05) is 0 Å². The summed E-state index contributed by atoms with van der Waals surface area (Å²) in [5.74, 6) is 0.0590. The monoisotopic (exact) mass is 307 g/mol. The van der Waals surface area contributed by atoms with E-state index in [1.807, 2.05) is 30.3 Å².